The molecule has 9 heteroatoms. The fraction of sp³-hybridized carbons (Fsp3) is 0.238. The zero-order valence-corrected chi connectivity index (χ0v) is 17.5. The van der Waals surface area contributed by atoms with Gasteiger partial charge in [-0.15, -0.1) is 0 Å². The van der Waals surface area contributed by atoms with Crippen molar-refractivity contribution in [1.82, 2.24) is 4.57 Å². The summed E-state index contributed by atoms with van der Waals surface area (Å²) in [5, 5.41) is 0.560. The topological polar surface area (TPSA) is 94.9 Å². The Kier molecular flexibility index (Phi) is 4.77. The molecule has 2 heterocycles. The summed E-state index contributed by atoms with van der Waals surface area (Å²) in [6, 6.07) is 12.1. The highest BCUT2D eigenvalue weighted by molar-refractivity contribution is 7.92. The first kappa shape index (κ1) is 20.0. The molecular formula is C21H20N2O6S. The molecule has 2 aromatic carbocycles. The summed E-state index contributed by atoms with van der Waals surface area (Å²) in [4.78, 5) is 25.5. The molecular weight excluding hydrogens is 408 g/mol. The molecule has 0 amide bonds. The molecule has 0 radical (unpaired) electrons. The maximum atomic E-state index is 13.4. The number of hydrogen-bond donors (Lipinski definition) is 0. The van der Waals surface area contributed by atoms with Gasteiger partial charge in [0.15, 0.2) is 6.10 Å². The number of carbonyl (C=O) groups is 2. The van der Waals surface area contributed by atoms with Crippen LogP contribution in [0.5, 0.6) is 5.75 Å². The van der Waals surface area contributed by atoms with Crippen molar-refractivity contribution in [1.29, 1.82) is 0 Å². The molecule has 30 heavy (non-hydrogen) atoms. The third-order valence-electron chi connectivity index (χ3n) is 5.02. The van der Waals surface area contributed by atoms with Crippen molar-refractivity contribution in [2.75, 3.05) is 24.2 Å². The van der Waals surface area contributed by atoms with Crippen LogP contribution in [0.25, 0.3) is 10.9 Å². The number of aryl methyl sites for hydroxylation is 1. The summed E-state index contributed by atoms with van der Waals surface area (Å²) in [6.07, 6.45) is 1.40. The summed E-state index contributed by atoms with van der Waals surface area (Å²) in [5.41, 5.74) is 2.01. The largest absolute Gasteiger partial charge is 0.476 e. The molecule has 0 aliphatic carbocycles. The van der Waals surface area contributed by atoms with Crippen molar-refractivity contribution in [3.8, 4) is 5.75 Å². The molecule has 156 valence electrons. The summed E-state index contributed by atoms with van der Waals surface area (Å²) in [5.74, 6) is -0.738. The van der Waals surface area contributed by atoms with Gasteiger partial charge in [-0.1, -0.05) is 24.3 Å². The Bertz CT molecular complexity index is 1280. The summed E-state index contributed by atoms with van der Waals surface area (Å²) >= 11 is 0. The lowest BCUT2D eigenvalue weighted by Crippen LogP contribution is -2.48. The lowest BCUT2D eigenvalue weighted by Gasteiger charge is -2.34. The minimum absolute atomic E-state index is 0.173. The standard InChI is InChI=1S/C21H20N2O6S/c1-13-8-9-17-18(10-13)29-19(12-23(17)30(3,26)27)20(24)22-11-15(21(25)28-2)14-6-4-5-7-16(14)22/h4-11,19H,12H2,1-3H3. The van der Waals surface area contributed by atoms with E-state index in [1.54, 1.807) is 42.5 Å². The molecule has 3 aromatic rings. The Hall–Kier alpha value is -3.33. The summed E-state index contributed by atoms with van der Waals surface area (Å²) in [7, 11) is -2.37. The van der Waals surface area contributed by atoms with E-state index in [4.69, 9.17) is 9.47 Å². The van der Waals surface area contributed by atoms with E-state index in [0.29, 0.717) is 22.3 Å². The molecule has 1 aliphatic rings. The zero-order valence-electron chi connectivity index (χ0n) is 16.7. The lowest BCUT2D eigenvalue weighted by molar-refractivity contribution is 0.0602. The second-order valence-corrected chi connectivity index (χ2v) is 9.04. The zero-order chi connectivity index (χ0) is 21.6. The fourth-order valence-electron chi connectivity index (χ4n) is 3.59. The van der Waals surface area contributed by atoms with Crippen LogP contribution in [0.3, 0.4) is 0 Å². The second-order valence-electron chi connectivity index (χ2n) is 7.13. The SMILES string of the molecule is COC(=O)c1cn(C(=O)C2CN(S(C)(=O)=O)c3ccc(C)cc3O2)c2ccccc12. The number of methoxy groups -OCH3 is 1. The van der Waals surface area contributed by atoms with Gasteiger partial charge in [-0.25, -0.2) is 13.2 Å². The Morgan fingerprint density at radius 3 is 2.60 bits per heavy atom. The van der Waals surface area contributed by atoms with Crippen molar-refractivity contribution in [2.24, 2.45) is 0 Å². The lowest BCUT2D eigenvalue weighted by atomic mass is 10.1. The highest BCUT2D eigenvalue weighted by Crippen LogP contribution is 2.36. The maximum Gasteiger partial charge on any atom is 0.340 e. The van der Waals surface area contributed by atoms with Crippen molar-refractivity contribution in [2.45, 2.75) is 13.0 Å². The highest BCUT2D eigenvalue weighted by Gasteiger charge is 2.36. The van der Waals surface area contributed by atoms with E-state index in [2.05, 4.69) is 0 Å². The number of para-hydroxylation sites is 1. The average molecular weight is 428 g/mol. The third kappa shape index (κ3) is 3.30. The van der Waals surface area contributed by atoms with Crippen molar-refractivity contribution in [3.05, 3.63) is 59.8 Å². The van der Waals surface area contributed by atoms with Crippen LogP contribution in [-0.2, 0) is 14.8 Å². The molecule has 1 atom stereocenters. The number of anilines is 1. The predicted molar refractivity (Wildman–Crippen MR) is 112 cm³/mol. The van der Waals surface area contributed by atoms with Crippen LogP contribution in [0.1, 0.15) is 20.7 Å². The van der Waals surface area contributed by atoms with Crippen molar-refractivity contribution < 1.29 is 27.5 Å². The Labute approximate surface area is 173 Å². The molecule has 0 saturated heterocycles. The van der Waals surface area contributed by atoms with E-state index >= 15 is 0 Å². The molecule has 0 saturated carbocycles. The number of benzene rings is 2. The molecule has 0 bridgehead atoms. The molecule has 4 rings (SSSR count). The van der Waals surface area contributed by atoms with E-state index in [9.17, 15) is 18.0 Å². The van der Waals surface area contributed by atoms with Gasteiger partial charge in [0, 0.05) is 11.6 Å². The molecule has 0 spiro atoms. The monoisotopic (exact) mass is 428 g/mol. The Balaban J connectivity index is 1.80. The number of sulfonamides is 1. The van der Waals surface area contributed by atoms with Crippen molar-refractivity contribution >= 4 is 38.5 Å². The molecule has 0 fully saturated rings. The number of aromatic nitrogens is 1. The molecule has 0 N–H and O–H groups in total. The number of nitrogens with zero attached hydrogens (tertiary/aromatic N) is 2. The first-order valence-corrected chi connectivity index (χ1v) is 11.0. The Morgan fingerprint density at radius 2 is 1.90 bits per heavy atom. The first-order valence-electron chi connectivity index (χ1n) is 9.18. The van der Waals surface area contributed by atoms with E-state index in [-0.39, 0.29) is 12.1 Å². The number of carbonyl (C=O) groups excluding carboxylic acids is 2. The molecule has 8 nitrogen and oxygen atoms in total. The highest BCUT2D eigenvalue weighted by atomic mass is 32.2. The van der Waals surface area contributed by atoms with Gasteiger partial charge in [0.25, 0.3) is 5.91 Å². The molecule has 1 aliphatic heterocycles. The van der Waals surface area contributed by atoms with E-state index in [0.717, 1.165) is 11.8 Å². The van der Waals surface area contributed by atoms with Crippen LogP contribution in [0, 0.1) is 6.92 Å². The van der Waals surface area contributed by atoms with E-state index in [1.165, 1.54) is 22.2 Å². The average Bonchev–Trinajstić information content (AvgIpc) is 3.10. The summed E-state index contributed by atoms with van der Waals surface area (Å²) in [6.45, 7) is 1.68. The van der Waals surface area contributed by atoms with Crippen LogP contribution in [0.15, 0.2) is 48.7 Å². The van der Waals surface area contributed by atoms with Gasteiger partial charge in [0.1, 0.15) is 5.75 Å². The third-order valence-corrected chi connectivity index (χ3v) is 6.16. The van der Waals surface area contributed by atoms with Crippen LogP contribution < -0.4 is 9.04 Å². The Morgan fingerprint density at radius 1 is 1.17 bits per heavy atom. The van der Waals surface area contributed by atoms with Gasteiger partial charge in [0.2, 0.25) is 10.0 Å². The molecule has 1 aromatic heterocycles. The van der Waals surface area contributed by atoms with Gasteiger partial charge in [-0.2, -0.15) is 0 Å². The van der Waals surface area contributed by atoms with E-state index in [1.807, 2.05) is 6.92 Å². The quantitative estimate of drug-likeness (QED) is 0.595. The smallest absolute Gasteiger partial charge is 0.340 e. The van der Waals surface area contributed by atoms with Gasteiger partial charge in [0.05, 0.1) is 36.7 Å². The molecule has 1 unspecified atom stereocenters. The predicted octanol–water partition coefficient (Wildman–Crippen LogP) is 2.60. The number of esters is 1. The van der Waals surface area contributed by atoms with Crippen LogP contribution in [-0.4, -0.2) is 50.9 Å². The number of fused-ring (bicyclic) bond motifs is 2. The minimum Gasteiger partial charge on any atom is -0.476 e. The van der Waals surface area contributed by atoms with Gasteiger partial charge in [-0.3, -0.25) is 13.7 Å². The summed E-state index contributed by atoms with van der Waals surface area (Å²) < 4.78 is 38.0. The van der Waals surface area contributed by atoms with E-state index < -0.39 is 28.0 Å². The fourth-order valence-corrected chi connectivity index (χ4v) is 4.51. The normalized spacial score (nSPS) is 16.1. The first-order chi connectivity index (χ1) is 14.2. The van der Waals surface area contributed by atoms with Crippen LogP contribution in [0.4, 0.5) is 5.69 Å². The van der Waals surface area contributed by atoms with Crippen molar-refractivity contribution in [3.63, 3.8) is 0 Å². The van der Waals surface area contributed by atoms with Gasteiger partial charge >= 0.3 is 5.97 Å². The number of hydrogen-bond acceptors (Lipinski definition) is 6. The minimum atomic E-state index is -3.64. The van der Waals surface area contributed by atoms with Crippen LogP contribution in [0.2, 0.25) is 0 Å². The second kappa shape index (κ2) is 7.17. The number of ether oxygens (including phenoxy) is 2. The van der Waals surface area contributed by atoms with Gasteiger partial charge in [-0.05, 0) is 30.7 Å². The number of rotatable bonds is 3. The maximum absolute atomic E-state index is 13.4. The van der Waals surface area contributed by atoms with Gasteiger partial charge < -0.3 is 9.47 Å². The van der Waals surface area contributed by atoms with Crippen LogP contribution >= 0.6 is 0 Å².